The van der Waals surface area contributed by atoms with Crippen LogP contribution in [0, 0.1) is 18.7 Å². The summed E-state index contributed by atoms with van der Waals surface area (Å²) in [6.45, 7) is 3.26. The monoisotopic (exact) mass is 483 g/mol. The van der Waals surface area contributed by atoms with Crippen molar-refractivity contribution in [1.82, 2.24) is 15.2 Å². The minimum Gasteiger partial charge on any atom is -0.441 e. The number of anilines is 2. The molecule has 2 fully saturated rings. The molecule has 7 nitrogen and oxygen atoms in total. The Morgan fingerprint density at radius 2 is 1.91 bits per heavy atom. The van der Waals surface area contributed by atoms with Gasteiger partial charge >= 0.3 is 6.09 Å². The Morgan fingerprint density at radius 3 is 2.59 bits per heavy atom. The molecule has 1 aliphatic carbocycles. The standard InChI is InChI=1S/C25H26FN5O2.ClH/c1-17-6-7-19(15-27-17)31-16-25(33-24(31)32)12-10-18(11-13-25)14-28-23-9-8-22(29-30-23)20-4-2-3-5-21(20)26;/h2-9,15,18H,10-14,16H2,1H3,(H,28,30);1H/t18-,25-;. The van der Waals surface area contributed by atoms with E-state index in [0.29, 0.717) is 29.5 Å². The van der Waals surface area contributed by atoms with Crippen molar-refractivity contribution in [2.75, 3.05) is 23.3 Å². The molecule has 2 aromatic heterocycles. The number of aromatic nitrogens is 3. The molecule has 0 radical (unpaired) electrons. The van der Waals surface area contributed by atoms with Gasteiger partial charge < -0.3 is 10.1 Å². The highest BCUT2D eigenvalue weighted by molar-refractivity contribution is 5.90. The van der Waals surface area contributed by atoms with Crippen molar-refractivity contribution in [3.05, 3.63) is 66.2 Å². The van der Waals surface area contributed by atoms with Crippen molar-refractivity contribution in [3.63, 3.8) is 0 Å². The summed E-state index contributed by atoms with van der Waals surface area (Å²) >= 11 is 0. The van der Waals surface area contributed by atoms with Gasteiger partial charge in [0, 0.05) is 17.8 Å². The summed E-state index contributed by atoms with van der Waals surface area (Å²) in [5, 5.41) is 11.7. The topological polar surface area (TPSA) is 80.2 Å². The van der Waals surface area contributed by atoms with Crippen molar-refractivity contribution in [2.24, 2.45) is 5.92 Å². The van der Waals surface area contributed by atoms with Gasteiger partial charge in [0.2, 0.25) is 0 Å². The van der Waals surface area contributed by atoms with Crippen LogP contribution < -0.4 is 10.2 Å². The molecule has 1 aromatic carbocycles. The zero-order valence-electron chi connectivity index (χ0n) is 18.9. The first-order chi connectivity index (χ1) is 16.0. The molecule has 1 saturated carbocycles. The molecular formula is C25H27ClFN5O2. The van der Waals surface area contributed by atoms with Crippen LogP contribution in [0.15, 0.2) is 54.7 Å². The number of ether oxygens (including phenoxy) is 1. The number of carbonyl (C=O) groups excluding carboxylic acids is 1. The normalized spacial score (nSPS) is 21.8. The van der Waals surface area contributed by atoms with E-state index in [0.717, 1.165) is 43.6 Å². The van der Waals surface area contributed by atoms with Crippen LogP contribution in [0.2, 0.25) is 0 Å². The van der Waals surface area contributed by atoms with Crippen molar-refractivity contribution in [1.29, 1.82) is 0 Å². The number of nitrogens with one attached hydrogen (secondary N) is 1. The third-order valence-corrected chi connectivity index (χ3v) is 6.58. The van der Waals surface area contributed by atoms with E-state index in [1.54, 1.807) is 35.4 Å². The number of rotatable bonds is 5. The number of hydrogen-bond donors (Lipinski definition) is 1. The molecule has 3 heterocycles. The van der Waals surface area contributed by atoms with E-state index in [4.69, 9.17) is 4.74 Å². The number of hydrogen-bond acceptors (Lipinski definition) is 6. The molecule has 3 aromatic rings. The number of carbonyl (C=O) groups is 1. The Kier molecular flexibility index (Phi) is 6.97. The SMILES string of the molecule is Cc1ccc(N2C[C@]3(CC[C@@H](CNc4ccc(-c5ccccc5F)nn4)CC3)OC2=O)cn1.Cl. The molecule has 2 aliphatic rings. The van der Waals surface area contributed by atoms with Gasteiger partial charge in [-0.2, -0.15) is 0 Å². The predicted molar refractivity (Wildman–Crippen MR) is 131 cm³/mol. The third-order valence-electron chi connectivity index (χ3n) is 6.58. The molecule has 1 aliphatic heterocycles. The number of halogens is 2. The second-order valence-electron chi connectivity index (χ2n) is 8.90. The number of nitrogens with zero attached hydrogens (tertiary/aromatic N) is 4. The Morgan fingerprint density at radius 1 is 1.12 bits per heavy atom. The zero-order valence-corrected chi connectivity index (χ0v) is 19.7. The Bertz CT molecular complexity index is 1130. The molecule has 1 N–H and O–H groups in total. The highest BCUT2D eigenvalue weighted by Gasteiger charge is 2.47. The van der Waals surface area contributed by atoms with E-state index >= 15 is 0 Å². The van der Waals surface area contributed by atoms with Crippen molar-refractivity contribution >= 4 is 30.0 Å². The molecular weight excluding hydrogens is 457 g/mol. The first-order valence-electron chi connectivity index (χ1n) is 11.3. The molecule has 9 heteroatoms. The highest BCUT2D eigenvalue weighted by Crippen LogP contribution is 2.40. The molecule has 1 saturated heterocycles. The van der Waals surface area contributed by atoms with Crippen LogP contribution in [0.4, 0.5) is 20.7 Å². The first-order valence-corrected chi connectivity index (χ1v) is 11.3. The number of amides is 1. The average Bonchev–Trinajstić information content (AvgIpc) is 3.15. The molecule has 178 valence electrons. The summed E-state index contributed by atoms with van der Waals surface area (Å²) in [5.41, 5.74) is 2.23. The Hall–Kier alpha value is -3.26. The van der Waals surface area contributed by atoms with E-state index in [9.17, 15) is 9.18 Å². The molecule has 1 amide bonds. The van der Waals surface area contributed by atoms with E-state index < -0.39 is 5.60 Å². The van der Waals surface area contributed by atoms with E-state index in [2.05, 4.69) is 20.5 Å². The maximum absolute atomic E-state index is 13.9. The van der Waals surface area contributed by atoms with Gasteiger partial charge in [-0.05, 0) is 74.9 Å². The van der Waals surface area contributed by atoms with Crippen LogP contribution >= 0.6 is 12.4 Å². The number of aryl methyl sites for hydroxylation is 1. The fraction of sp³-hybridized carbons (Fsp3) is 0.360. The average molecular weight is 484 g/mol. The van der Waals surface area contributed by atoms with E-state index in [-0.39, 0.29) is 24.3 Å². The van der Waals surface area contributed by atoms with Gasteiger partial charge in [0.05, 0.1) is 24.1 Å². The Balaban J connectivity index is 0.00000274. The van der Waals surface area contributed by atoms with Gasteiger partial charge in [-0.15, -0.1) is 22.6 Å². The van der Waals surface area contributed by atoms with Crippen molar-refractivity contribution < 1.29 is 13.9 Å². The quantitative estimate of drug-likeness (QED) is 0.523. The number of pyridine rings is 1. The van der Waals surface area contributed by atoms with Crippen LogP contribution in [-0.4, -0.2) is 40.0 Å². The maximum atomic E-state index is 13.9. The van der Waals surface area contributed by atoms with Crippen LogP contribution in [0.1, 0.15) is 31.4 Å². The highest BCUT2D eigenvalue weighted by atomic mass is 35.5. The maximum Gasteiger partial charge on any atom is 0.415 e. The van der Waals surface area contributed by atoms with Crippen LogP contribution in [0.3, 0.4) is 0 Å². The van der Waals surface area contributed by atoms with Gasteiger partial charge in [-0.3, -0.25) is 9.88 Å². The largest absolute Gasteiger partial charge is 0.441 e. The lowest BCUT2D eigenvalue weighted by Crippen LogP contribution is -2.39. The minimum absolute atomic E-state index is 0. The van der Waals surface area contributed by atoms with Gasteiger partial charge in [0.1, 0.15) is 17.2 Å². The molecule has 1 spiro atoms. The van der Waals surface area contributed by atoms with E-state index in [1.165, 1.54) is 6.07 Å². The summed E-state index contributed by atoms with van der Waals surface area (Å²) in [6.07, 6.45) is 5.02. The molecule has 0 unspecified atom stereocenters. The molecule has 34 heavy (non-hydrogen) atoms. The summed E-state index contributed by atoms with van der Waals surface area (Å²) in [6, 6.07) is 14.0. The van der Waals surface area contributed by atoms with Gasteiger partial charge in [0.15, 0.2) is 0 Å². The number of benzene rings is 1. The summed E-state index contributed by atoms with van der Waals surface area (Å²) in [4.78, 5) is 18.5. The van der Waals surface area contributed by atoms with Crippen LogP contribution in [0.5, 0.6) is 0 Å². The van der Waals surface area contributed by atoms with Gasteiger partial charge in [0.25, 0.3) is 0 Å². The second-order valence-corrected chi connectivity index (χ2v) is 8.90. The van der Waals surface area contributed by atoms with Gasteiger partial charge in [-0.25, -0.2) is 9.18 Å². The fourth-order valence-electron chi connectivity index (χ4n) is 4.60. The molecule has 5 rings (SSSR count). The lowest BCUT2D eigenvalue weighted by Gasteiger charge is -2.35. The summed E-state index contributed by atoms with van der Waals surface area (Å²) in [5.74, 6) is 0.812. The first kappa shape index (κ1) is 23.9. The van der Waals surface area contributed by atoms with Crippen molar-refractivity contribution in [3.8, 4) is 11.3 Å². The van der Waals surface area contributed by atoms with Crippen LogP contribution in [-0.2, 0) is 4.74 Å². The summed E-state index contributed by atoms with van der Waals surface area (Å²) < 4.78 is 19.8. The lowest BCUT2D eigenvalue weighted by molar-refractivity contribution is 0.0148. The Labute approximate surface area is 204 Å². The van der Waals surface area contributed by atoms with Gasteiger partial charge in [-0.1, -0.05) is 12.1 Å². The third kappa shape index (κ3) is 4.97. The lowest BCUT2D eigenvalue weighted by atomic mass is 9.78. The fourth-order valence-corrected chi connectivity index (χ4v) is 4.60. The molecule has 0 atom stereocenters. The van der Waals surface area contributed by atoms with Crippen molar-refractivity contribution in [2.45, 2.75) is 38.2 Å². The second kappa shape index (κ2) is 9.93. The zero-order chi connectivity index (χ0) is 22.8. The minimum atomic E-state index is -0.417. The molecule has 0 bridgehead atoms. The van der Waals surface area contributed by atoms with E-state index in [1.807, 2.05) is 25.1 Å². The predicted octanol–water partition coefficient (Wildman–Crippen LogP) is 5.41. The smallest absolute Gasteiger partial charge is 0.415 e. The van der Waals surface area contributed by atoms with Crippen LogP contribution in [0.25, 0.3) is 11.3 Å². The summed E-state index contributed by atoms with van der Waals surface area (Å²) in [7, 11) is 0.